The molecule has 0 aliphatic rings. The van der Waals surface area contributed by atoms with Gasteiger partial charge in [0.1, 0.15) is 18.2 Å². The smallest absolute Gasteiger partial charge is 0.315 e. The van der Waals surface area contributed by atoms with Gasteiger partial charge in [0.15, 0.2) is 0 Å². The number of alkyl halides is 1. The van der Waals surface area contributed by atoms with Crippen LogP contribution >= 0.6 is 31.9 Å². The van der Waals surface area contributed by atoms with Gasteiger partial charge in [-0.15, -0.1) is 0 Å². The average molecular weight is 636 g/mol. The molecule has 36 heavy (non-hydrogen) atoms. The van der Waals surface area contributed by atoms with Gasteiger partial charge >= 0.3 is 11.9 Å². The Balaban J connectivity index is 0.000000360. The van der Waals surface area contributed by atoms with Crippen molar-refractivity contribution in [2.24, 2.45) is 0 Å². The molecule has 1 N–H and O–H groups in total. The third kappa shape index (κ3) is 6.98. The molecule has 0 unspecified atom stereocenters. The lowest BCUT2D eigenvalue weighted by Crippen LogP contribution is -2.31. The summed E-state index contributed by atoms with van der Waals surface area (Å²) in [6, 6.07) is 6.94. The number of hydrogen-bond donors (Lipinski definition) is 1. The van der Waals surface area contributed by atoms with Crippen molar-refractivity contribution in [3.05, 3.63) is 55.5 Å². The van der Waals surface area contributed by atoms with Gasteiger partial charge in [-0.25, -0.2) is 4.39 Å². The first-order valence-electron chi connectivity index (χ1n) is 10.8. The molecule has 0 amide bonds. The van der Waals surface area contributed by atoms with Gasteiger partial charge in [0.05, 0.1) is 45.9 Å². The summed E-state index contributed by atoms with van der Waals surface area (Å²) >= 11 is 6.67. The predicted molar refractivity (Wildman–Crippen MR) is 142 cm³/mol. The zero-order chi connectivity index (χ0) is 27.8. The number of aliphatic hydroxyl groups excluding tert-OH is 1. The molecule has 0 aliphatic heterocycles. The molecule has 0 saturated carbocycles. The van der Waals surface area contributed by atoms with E-state index in [0.29, 0.717) is 38.2 Å². The molecule has 0 radical (unpaired) electrons. The van der Waals surface area contributed by atoms with Crippen molar-refractivity contribution in [3.63, 3.8) is 0 Å². The van der Waals surface area contributed by atoms with Crippen molar-refractivity contribution in [1.29, 1.82) is 0 Å². The van der Waals surface area contributed by atoms with E-state index < -0.39 is 23.5 Å². The van der Waals surface area contributed by atoms with E-state index in [4.69, 9.17) is 18.9 Å². The molecule has 7 nitrogen and oxygen atoms in total. The molecule has 2 rings (SSSR count). The van der Waals surface area contributed by atoms with Crippen LogP contribution in [-0.2, 0) is 43.2 Å². The van der Waals surface area contributed by atoms with E-state index in [-0.39, 0.29) is 12.6 Å². The number of benzene rings is 2. The molecule has 0 saturated heterocycles. The molecular formula is C26H33Br2FO7. The minimum atomic E-state index is -0.909. The van der Waals surface area contributed by atoms with Gasteiger partial charge in [0.25, 0.3) is 0 Å². The lowest BCUT2D eigenvalue weighted by Gasteiger charge is -2.25. The molecule has 0 aromatic heterocycles. The highest BCUT2D eigenvalue weighted by Crippen LogP contribution is 2.39. The maximum Gasteiger partial charge on any atom is 0.315 e. The molecule has 0 bridgehead atoms. The maximum absolute atomic E-state index is 13.0. The van der Waals surface area contributed by atoms with Crippen molar-refractivity contribution in [2.75, 3.05) is 28.4 Å². The van der Waals surface area contributed by atoms with Gasteiger partial charge < -0.3 is 24.1 Å². The van der Waals surface area contributed by atoms with Crippen molar-refractivity contribution < 1.29 is 38.0 Å². The Morgan fingerprint density at radius 2 is 1.14 bits per heavy atom. The summed E-state index contributed by atoms with van der Waals surface area (Å²) in [6.45, 7) is 6.12. The molecule has 10 heteroatoms. The van der Waals surface area contributed by atoms with Gasteiger partial charge in [0, 0.05) is 31.2 Å². The van der Waals surface area contributed by atoms with Crippen LogP contribution < -0.4 is 9.47 Å². The third-order valence-corrected chi connectivity index (χ3v) is 6.64. The average Bonchev–Trinajstić information content (AvgIpc) is 2.86. The fraction of sp³-hybridized carbons (Fsp3) is 0.462. The molecule has 0 heterocycles. The molecule has 0 aliphatic carbocycles. The van der Waals surface area contributed by atoms with E-state index in [1.165, 1.54) is 28.4 Å². The Hall–Kier alpha value is -2.17. The Morgan fingerprint density at radius 1 is 0.778 bits per heavy atom. The summed E-state index contributed by atoms with van der Waals surface area (Å²) in [6.07, 6.45) is 0. The number of methoxy groups -OCH3 is 4. The molecule has 2 aromatic carbocycles. The second-order valence-corrected chi connectivity index (χ2v) is 10.6. The van der Waals surface area contributed by atoms with E-state index >= 15 is 0 Å². The van der Waals surface area contributed by atoms with Crippen LogP contribution in [0, 0.1) is 0 Å². The normalized spacial score (nSPS) is 11.2. The van der Waals surface area contributed by atoms with Crippen molar-refractivity contribution in [3.8, 4) is 11.5 Å². The molecule has 0 spiro atoms. The first-order valence-corrected chi connectivity index (χ1v) is 12.4. The highest BCUT2D eigenvalue weighted by Gasteiger charge is 2.36. The second-order valence-electron chi connectivity index (χ2n) is 8.82. The second kappa shape index (κ2) is 13.4. The largest absolute Gasteiger partial charge is 0.496 e. The summed E-state index contributed by atoms with van der Waals surface area (Å²) in [5.74, 6) is 0.138. The number of halogens is 3. The minimum absolute atomic E-state index is 0.160. The Labute approximate surface area is 228 Å². The molecular weight excluding hydrogens is 603 g/mol. The summed E-state index contributed by atoms with van der Waals surface area (Å²) in [5.41, 5.74) is 0.536. The van der Waals surface area contributed by atoms with Gasteiger partial charge in [-0.05, 0) is 52.0 Å². The number of ether oxygens (including phenoxy) is 4. The summed E-state index contributed by atoms with van der Waals surface area (Å²) in [4.78, 5) is 23.7. The van der Waals surface area contributed by atoms with Crippen LogP contribution in [0.4, 0.5) is 4.39 Å². The standard InChI is InChI=1S/C13H16BrFO3.C13H17BrO4/c2*1-13(2,12(16)18-4)10-6-9(14)5-8(7-15)11(10)17-3/h5-6H,7H2,1-4H3;5-6,15H,7H2,1-4H3. The fourth-order valence-electron chi connectivity index (χ4n) is 3.66. The lowest BCUT2D eigenvalue weighted by atomic mass is 9.83. The van der Waals surface area contributed by atoms with Crippen LogP contribution in [0.2, 0.25) is 0 Å². The van der Waals surface area contributed by atoms with E-state index in [2.05, 4.69) is 31.9 Å². The molecule has 0 fully saturated rings. The number of aliphatic hydroxyl groups is 1. The zero-order valence-corrected chi connectivity index (χ0v) is 24.9. The Morgan fingerprint density at radius 3 is 1.44 bits per heavy atom. The SMILES string of the molecule is COC(=O)C(C)(C)c1cc(Br)cc(CF)c1OC.COC(=O)C(C)(C)c1cc(Br)cc(CO)c1OC. The monoisotopic (exact) mass is 634 g/mol. The van der Waals surface area contributed by atoms with Crippen LogP contribution in [0.5, 0.6) is 11.5 Å². The van der Waals surface area contributed by atoms with Gasteiger partial charge in [-0.1, -0.05) is 31.9 Å². The number of carbonyl (C=O) groups is 2. The minimum Gasteiger partial charge on any atom is -0.496 e. The summed E-state index contributed by atoms with van der Waals surface area (Å²) in [7, 11) is 5.64. The quantitative estimate of drug-likeness (QED) is 0.368. The fourth-order valence-corrected chi connectivity index (χ4v) is 4.67. The van der Waals surface area contributed by atoms with Crippen molar-refractivity contribution in [1.82, 2.24) is 0 Å². The van der Waals surface area contributed by atoms with E-state index in [1.54, 1.807) is 52.0 Å². The number of carbonyl (C=O) groups excluding carboxylic acids is 2. The van der Waals surface area contributed by atoms with Gasteiger partial charge in [-0.2, -0.15) is 0 Å². The maximum atomic E-state index is 13.0. The Kier molecular flexibility index (Phi) is 11.9. The predicted octanol–water partition coefficient (Wildman–Crippen LogP) is 5.78. The van der Waals surface area contributed by atoms with Crippen LogP contribution in [-0.4, -0.2) is 45.5 Å². The van der Waals surface area contributed by atoms with Gasteiger partial charge in [-0.3, -0.25) is 9.59 Å². The van der Waals surface area contributed by atoms with E-state index in [0.717, 1.165) is 4.47 Å². The first-order chi connectivity index (χ1) is 16.8. The van der Waals surface area contributed by atoms with Crippen molar-refractivity contribution >= 4 is 43.8 Å². The molecule has 200 valence electrons. The van der Waals surface area contributed by atoms with Crippen LogP contribution in [0.25, 0.3) is 0 Å². The van der Waals surface area contributed by atoms with E-state index in [1.807, 2.05) is 0 Å². The van der Waals surface area contributed by atoms with Crippen LogP contribution in [0.3, 0.4) is 0 Å². The van der Waals surface area contributed by atoms with Crippen LogP contribution in [0.1, 0.15) is 49.9 Å². The zero-order valence-electron chi connectivity index (χ0n) is 21.8. The summed E-state index contributed by atoms with van der Waals surface area (Å²) in [5, 5.41) is 9.34. The first kappa shape index (κ1) is 31.9. The number of hydrogen-bond acceptors (Lipinski definition) is 7. The Bertz CT molecular complexity index is 999. The van der Waals surface area contributed by atoms with Crippen LogP contribution in [0.15, 0.2) is 33.2 Å². The topological polar surface area (TPSA) is 91.3 Å². The lowest BCUT2D eigenvalue weighted by molar-refractivity contribution is -0.147. The third-order valence-electron chi connectivity index (χ3n) is 5.72. The van der Waals surface area contributed by atoms with Gasteiger partial charge in [0.2, 0.25) is 0 Å². The summed E-state index contributed by atoms with van der Waals surface area (Å²) < 4.78 is 34.6. The highest BCUT2D eigenvalue weighted by atomic mass is 79.9. The van der Waals surface area contributed by atoms with E-state index in [9.17, 15) is 19.1 Å². The highest BCUT2D eigenvalue weighted by molar-refractivity contribution is 9.10. The van der Waals surface area contributed by atoms with Crippen molar-refractivity contribution in [2.45, 2.75) is 51.8 Å². The number of esters is 2. The number of rotatable bonds is 8. The molecule has 0 atom stereocenters. The molecule has 2 aromatic rings.